The van der Waals surface area contributed by atoms with E-state index in [-0.39, 0.29) is 5.91 Å². The zero-order chi connectivity index (χ0) is 16.4. The van der Waals surface area contributed by atoms with Crippen LogP contribution < -0.4 is 0 Å². The van der Waals surface area contributed by atoms with Crippen LogP contribution in [0.2, 0.25) is 0 Å². The van der Waals surface area contributed by atoms with E-state index < -0.39 is 5.60 Å². The minimum absolute atomic E-state index is 0.148. The first kappa shape index (κ1) is 16.5. The first-order chi connectivity index (χ1) is 11.0. The van der Waals surface area contributed by atoms with Gasteiger partial charge in [-0.1, -0.05) is 29.3 Å². The van der Waals surface area contributed by atoms with E-state index in [2.05, 4.69) is 32.0 Å². The summed E-state index contributed by atoms with van der Waals surface area (Å²) in [6, 6.07) is 6.71. The third-order valence-corrected chi connectivity index (χ3v) is 5.27. The quantitative estimate of drug-likeness (QED) is 0.860. The number of hydrogen-bond donors (Lipinski definition) is 0. The summed E-state index contributed by atoms with van der Waals surface area (Å²) < 4.78 is 11.1. The molecule has 0 N–H and O–H groups in total. The summed E-state index contributed by atoms with van der Waals surface area (Å²) >= 11 is 0. The summed E-state index contributed by atoms with van der Waals surface area (Å²) in [4.78, 5) is 15.0. The molecule has 2 aliphatic heterocycles. The van der Waals surface area contributed by atoms with E-state index >= 15 is 0 Å². The van der Waals surface area contributed by atoms with Gasteiger partial charge >= 0.3 is 0 Å². The number of hydrogen-bond acceptors (Lipinski definition) is 3. The molecule has 1 amide bonds. The van der Waals surface area contributed by atoms with Crippen molar-refractivity contribution in [3.8, 4) is 0 Å². The van der Waals surface area contributed by atoms with Gasteiger partial charge in [-0.05, 0) is 25.8 Å². The fraction of sp³-hybridized carbons (Fsp3) is 0.632. The van der Waals surface area contributed by atoms with Crippen molar-refractivity contribution in [2.24, 2.45) is 0 Å². The molecular formula is C19H27NO3. The number of nitrogens with zero attached hydrogens (tertiary/aromatic N) is 1. The first-order valence-corrected chi connectivity index (χ1v) is 8.54. The lowest BCUT2D eigenvalue weighted by atomic mass is 9.92. The summed E-state index contributed by atoms with van der Waals surface area (Å²) in [6.07, 6.45) is 2.35. The predicted octanol–water partition coefficient (Wildman–Crippen LogP) is 2.81. The highest BCUT2D eigenvalue weighted by Gasteiger charge is 2.44. The van der Waals surface area contributed by atoms with Gasteiger partial charge in [0, 0.05) is 52.2 Å². The van der Waals surface area contributed by atoms with Gasteiger partial charge < -0.3 is 14.4 Å². The standard InChI is InChI=1S/C19H27NO3/c1-14-10-15(2)12-17(11-14)16-4-7-20(13-16)18(21)19(22-3)5-8-23-9-6-19/h10-12,16H,4-9,13H2,1-3H3. The monoisotopic (exact) mass is 317 g/mol. The van der Waals surface area contributed by atoms with Gasteiger partial charge in [0.2, 0.25) is 0 Å². The van der Waals surface area contributed by atoms with E-state index in [4.69, 9.17) is 9.47 Å². The minimum Gasteiger partial charge on any atom is -0.381 e. The first-order valence-electron chi connectivity index (χ1n) is 8.54. The van der Waals surface area contributed by atoms with E-state index in [0.717, 1.165) is 19.5 Å². The molecule has 23 heavy (non-hydrogen) atoms. The average molecular weight is 317 g/mol. The molecule has 1 aromatic rings. The van der Waals surface area contributed by atoms with Crippen molar-refractivity contribution in [3.63, 3.8) is 0 Å². The van der Waals surface area contributed by atoms with Crippen LogP contribution in [0.25, 0.3) is 0 Å². The molecule has 0 aromatic heterocycles. The number of carbonyl (C=O) groups is 1. The Morgan fingerprint density at radius 1 is 1.22 bits per heavy atom. The fourth-order valence-electron chi connectivity index (χ4n) is 3.96. The third-order valence-electron chi connectivity index (χ3n) is 5.27. The zero-order valence-corrected chi connectivity index (χ0v) is 14.4. The molecule has 0 aliphatic carbocycles. The molecule has 0 bridgehead atoms. The molecule has 2 saturated heterocycles. The summed E-state index contributed by atoms with van der Waals surface area (Å²) in [6.45, 7) is 7.10. The smallest absolute Gasteiger partial charge is 0.255 e. The molecule has 2 aliphatic rings. The zero-order valence-electron chi connectivity index (χ0n) is 14.4. The third kappa shape index (κ3) is 3.29. The van der Waals surface area contributed by atoms with Crippen molar-refractivity contribution in [1.29, 1.82) is 0 Å². The van der Waals surface area contributed by atoms with Crippen molar-refractivity contribution in [2.45, 2.75) is 44.6 Å². The number of rotatable bonds is 3. The van der Waals surface area contributed by atoms with Gasteiger partial charge in [0.25, 0.3) is 5.91 Å². The van der Waals surface area contributed by atoms with Crippen LogP contribution in [0.15, 0.2) is 18.2 Å². The Morgan fingerprint density at radius 2 is 1.87 bits per heavy atom. The highest BCUT2D eigenvalue weighted by atomic mass is 16.5. The topological polar surface area (TPSA) is 38.8 Å². The van der Waals surface area contributed by atoms with E-state index in [1.54, 1.807) is 7.11 Å². The second-order valence-corrected chi connectivity index (χ2v) is 6.97. The van der Waals surface area contributed by atoms with Crippen LogP contribution in [0.3, 0.4) is 0 Å². The molecule has 1 unspecified atom stereocenters. The summed E-state index contributed by atoms with van der Waals surface area (Å²) in [5, 5.41) is 0. The second-order valence-electron chi connectivity index (χ2n) is 6.97. The summed E-state index contributed by atoms with van der Waals surface area (Å²) in [5.74, 6) is 0.585. The van der Waals surface area contributed by atoms with E-state index in [1.165, 1.54) is 16.7 Å². The summed E-state index contributed by atoms with van der Waals surface area (Å²) in [5.41, 5.74) is 3.27. The summed E-state index contributed by atoms with van der Waals surface area (Å²) in [7, 11) is 1.65. The van der Waals surface area contributed by atoms with Crippen molar-refractivity contribution >= 4 is 5.91 Å². The largest absolute Gasteiger partial charge is 0.381 e. The van der Waals surface area contributed by atoms with Crippen LogP contribution in [-0.2, 0) is 14.3 Å². The number of benzene rings is 1. The van der Waals surface area contributed by atoms with E-state index in [1.807, 2.05) is 4.90 Å². The molecule has 2 heterocycles. The van der Waals surface area contributed by atoms with Crippen molar-refractivity contribution < 1.29 is 14.3 Å². The Balaban J connectivity index is 1.72. The molecule has 0 saturated carbocycles. The molecule has 0 spiro atoms. The maximum Gasteiger partial charge on any atom is 0.255 e. The number of carbonyl (C=O) groups excluding carboxylic acids is 1. The molecule has 4 heteroatoms. The van der Waals surface area contributed by atoms with Crippen LogP contribution in [-0.4, -0.2) is 49.8 Å². The van der Waals surface area contributed by atoms with Crippen molar-refractivity contribution in [1.82, 2.24) is 4.90 Å². The van der Waals surface area contributed by atoms with Gasteiger partial charge in [-0.3, -0.25) is 4.79 Å². The maximum atomic E-state index is 13.0. The normalized spacial score (nSPS) is 24.0. The number of ether oxygens (including phenoxy) is 2. The molecule has 0 radical (unpaired) electrons. The Kier molecular flexibility index (Phi) is 4.74. The molecule has 3 rings (SSSR count). The molecule has 126 valence electrons. The van der Waals surface area contributed by atoms with Crippen LogP contribution in [0.4, 0.5) is 0 Å². The Labute approximate surface area is 138 Å². The predicted molar refractivity (Wildman–Crippen MR) is 89.6 cm³/mol. The van der Waals surface area contributed by atoms with Crippen LogP contribution in [0, 0.1) is 13.8 Å². The Hall–Kier alpha value is -1.39. The molecule has 1 atom stereocenters. The van der Waals surface area contributed by atoms with Crippen molar-refractivity contribution in [2.75, 3.05) is 33.4 Å². The van der Waals surface area contributed by atoms with Crippen LogP contribution in [0.5, 0.6) is 0 Å². The van der Waals surface area contributed by atoms with Gasteiger partial charge in [0.1, 0.15) is 0 Å². The molecular weight excluding hydrogens is 290 g/mol. The lowest BCUT2D eigenvalue weighted by Gasteiger charge is -2.37. The van der Waals surface area contributed by atoms with Gasteiger partial charge in [-0.15, -0.1) is 0 Å². The SMILES string of the molecule is COC1(C(=O)N2CCC(c3cc(C)cc(C)c3)C2)CCOCC1. The number of likely N-dealkylation sites (tertiary alicyclic amines) is 1. The highest BCUT2D eigenvalue weighted by Crippen LogP contribution is 2.33. The maximum absolute atomic E-state index is 13.0. The fourth-order valence-corrected chi connectivity index (χ4v) is 3.96. The lowest BCUT2D eigenvalue weighted by molar-refractivity contribution is -0.165. The van der Waals surface area contributed by atoms with Gasteiger partial charge in [-0.2, -0.15) is 0 Å². The number of aryl methyl sites for hydroxylation is 2. The van der Waals surface area contributed by atoms with Gasteiger partial charge in [0.15, 0.2) is 5.60 Å². The molecule has 1 aromatic carbocycles. The lowest BCUT2D eigenvalue weighted by Crippen LogP contribution is -2.52. The van der Waals surface area contributed by atoms with Gasteiger partial charge in [0.05, 0.1) is 0 Å². The molecule has 4 nitrogen and oxygen atoms in total. The van der Waals surface area contributed by atoms with E-state index in [9.17, 15) is 4.79 Å². The molecule has 2 fully saturated rings. The average Bonchev–Trinajstić information content (AvgIpc) is 3.04. The van der Waals surface area contributed by atoms with Crippen LogP contribution >= 0.6 is 0 Å². The van der Waals surface area contributed by atoms with E-state index in [0.29, 0.717) is 32.0 Å². The Bertz CT molecular complexity index is 558. The van der Waals surface area contributed by atoms with Gasteiger partial charge in [-0.25, -0.2) is 0 Å². The highest BCUT2D eigenvalue weighted by molar-refractivity contribution is 5.85. The van der Waals surface area contributed by atoms with Crippen LogP contribution in [0.1, 0.15) is 41.9 Å². The second kappa shape index (κ2) is 6.62. The van der Waals surface area contributed by atoms with Crippen molar-refractivity contribution in [3.05, 3.63) is 34.9 Å². The number of methoxy groups -OCH3 is 1. The Morgan fingerprint density at radius 3 is 2.48 bits per heavy atom. The minimum atomic E-state index is -0.671. The number of amides is 1.